The van der Waals surface area contributed by atoms with Gasteiger partial charge in [0.1, 0.15) is 0 Å². The molecule has 0 amide bonds. The van der Waals surface area contributed by atoms with Gasteiger partial charge >= 0.3 is 0 Å². The first-order chi connectivity index (χ1) is 10.4. The van der Waals surface area contributed by atoms with Crippen LogP contribution in [0.4, 0.5) is 0 Å². The van der Waals surface area contributed by atoms with Crippen LogP contribution >= 0.6 is 22.7 Å². The zero-order valence-corrected chi connectivity index (χ0v) is 13.3. The highest BCUT2D eigenvalue weighted by Gasteiger charge is 2.27. The van der Waals surface area contributed by atoms with Gasteiger partial charge in [0.25, 0.3) is 0 Å². The number of thiophene rings is 2. The molecular weight excluding hydrogens is 298 g/mol. The van der Waals surface area contributed by atoms with Crippen molar-refractivity contribution in [3.63, 3.8) is 0 Å². The van der Waals surface area contributed by atoms with Gasteiger partial charge in [0, 0.05) is 47.2 Å². The van der Waals surface area contributed by atoms with Crippen LogP contribution in [0.5, 0.6) is 0 Å². The van der Waals surface area contributed by atoms with E-state index in [0.29, 0.717) is 0 Å². The second-order valence-electron chi connectivity index (χ2n) is 5.58. The number of rotatable bonds is 5. The maximum atomic E-state index is 4.10. The maximum absolute atomic E-state index is 4.10. The highest BCUT2D eigenvalue weighted by molar-refractivity contribution is 7.10. The summed E-state index contributed by atoms with van der Waals surface area (Å²) in [7, 11) is 0. The molecule has 0 bridgehead atoms. The van der Waals surface area contributed by atoms with Crippen molar-refractivity contribution in [2.75, 3.05) is 13.1 Å². The van der Waals surface area contributed by atoms with Gasteiger partial charge < -0.3 is 4.57 Å². The van der Waals surface area contributed by atoms with Crippen molar-refractivity contribution in [3.05, 3.63) is 57.4 Å². The number of hydrogen-bond donors (Lipinski definition) is 0. The molecule has 1 saturated heterocycles. The van der Waals surface area contributed by atoms with E-state index in [1.807, 2.05) is 41.4 Å². The minimum absolute atomic E-state index is 0.844. The summed E-state index contributed by atoms with van der Waals surface area (Å²) in [6, 6.07) is 6.68. The molecule has 0 saturated carbocycles. The molecule has 0 N–H and O–H groups in total. The average molecular weight is 315 g/mol. The van der Waals surface area contributed by atoms with E-state index in [-0.39, 0.29) is 0 Å². The third-order valence-electron chi connectivity index (χ3n) is 3.92. The molecule has 0 unspecified atom stereocenters. The van der Waals surface area contributed by atoms with Crippen molar-refractivity contribution < 1.29 is 0 Å². The quantitative estimate of drug-likeness (QED) is 0.716. The molecule has 1 aliphatic rings. The fourth-order valence-corrected chi connectivity index (χ4v) is 4.60. The van der Waals surface area contributed by atoms with Gasteiger partial charge in [-0.1, -0.05) is 6.07 Å². The summed E-state index contributed by atoms with van der Waals surface area (Å²) in [6.45, 7) is 3.55. The lowest BCUT2D eigenvalue weighted by Crippen LogP contribution is -2.46. The Morgan fingerprint density at radius 1 is 1.24 bits per heavy atom. The predicted molar refractivity (Wildman–Crippen MR) is 88.2 cm³/mol. The van der Waals surface area contributed by atoms with Crippen LogP contribution in [0.1, 0.15) is 9.75 Å². The van der Waals surface area contributed by atoms with Crippen molar-refractivity contribution in [1.29, 1.82) is 0 Å². The van der Waals surface area contributed by atoms with Crippen molar-refractivity contribution in [1.82, 2.24) is 14.5 Å². The number of hydrogen-bond acceptors (Lipinski definition) is 4. The molecule has 0 aliphatic carbocycles. The SMILES string of the molecule is c1csc(CC2CN(Cc3cc(-n4ccnc4)cs3)C2)c1. The Morgan fingerprint density at radius 2 is 2.19 bits per heavy atom. The van der Waals surface area contributed by atoms with E-state index in [4.69, 9.17) is 0 Å². The minimum Gasteiger partial charge on any atom is -0.305 e. The Morgan fingerprint density at radius 3 is 2.95 bits per heavy atom. The third kappa shape index (κ3) is 2.95. The van der Waals surface area contributed by atoms with Crippen molar-refractivity contribution in [2.24, 2.45) is 5.92 Å². The number of likely N-dealkylation sites (tertiary alicyclic amines) is 1. The fourth-order valence-electron chi connectivity index (χ4n) is 2.87. The van der Waals surface area contributed by atoms with Crippen molar-refractivity contribution in [3.8, 4) is 5.69 Å². The highest BCUT2D eigenvalue weighted by Crippen LogP contribution is 2.27. The van der Waals surface area contributed by atoms with E-state index < -0.39 is 0 Å². The van der Waals surface area contributed by atoms with Gasteiger partial charge in [-0.25, -0.2) is 4.98 Å². The molecule has 4 heterocycles. The summed E-state index contributed by atoms with van der Waals surface area (Å²) in [6.07, 6.45) is 6.92. The normalized spacial score (nSPS) is 16.2. The largest absolute Gasteiger partial charge is 0.305 e. The topological polar surface area (TPSA) is 21.1 Å². The first-order valence-corrected chi connectivity index (χ1v) is 8.93. The van der Waals surface area contributed by atoms with E-state index in [2.05, 4.69) is 43.4 Å². The first kappa shape index (κ1) is 13.2. The van der Waals surface area contributed by atoms with E-state index in [1.165, 1.54) is 35.0 Å². The Kier molecular flexibility index (Phi) is 3.63. The Balaban J connectivity index is 1.30. The number of nitrogens with zero attached hydrogens (tertiary/aromatic N) is 3. The van der Waals surface area contributed by atoms with Crippen LogP contribution in [-0.2, 0) is 13.0 Å². The Bertz CT molecular complexity index is 679. The summed E-state index contributed by atoms with van der Waals surface area (Å²) < 4.78 is 2.07. The molecule has 1 fully saturated rings. The van der Waals surface area contributed by atoms with Crippen LogP contribution in [0, 0.1) is 5.92 Å². The molecule has 3 aromatic heterocycles. The molecule has 21 heavy (non-hydrogen) atoms. The van der Waals surface area contributed by atoms with Crippen LogP contribution in [0.3, 0.4) is 0 Å². The molecule has 5 heteroatoms. The third-order valence-corrected chi connectivity index (χ3v) is 5.73. The number of aromatic nitrogens is 2. The molecule has 1 aliphatic heterocycles. The average Bonchev–Trinajstić information content (AvgIpc) is 3.19. The molecule has 0 atom stereocenters. The summed E-state index contributed by atoms with van der Waals surface area (Å²) in [4.78, 5) is 9.61. The first-order valence-electron chi connectivity index (χ1n) is 7.17. The van der Waals surface area contributed by atoms with Gasteiger partial charge in [0.15, 0.2) is 0 Å². The van der Waals surface area contributed by atoms with Crippen LogP contribution in [0.2, 0.25) is 0 Å². The van der Waals surface area contributed by atoms with Gasteiger partial charge in [-0.3, -0.25) is 4.90 Å². The zero-order valence-electron chi connectivity index (χ0n) is 11.7. The molecule has 4 rings (SSSR count). The number of imidazole rings is 1. The predicted octanol–water partition coefficient (Wildman–Crippen LogP) is 3.67. The molecule has 108 valence electrons. The Hall–Kier alpha value is -1.43. The van der Waals surface area contributed by atoms with Crippen molar-refractivity contribution >= 4 is 22.7 Å². The summed E-state index contributed by atoms with van der Waals surface area (Å²) >= 11 is 3.73. The van der Waals surface area contributed by atoms with E-state index in [1.54, 1.807) is 0 Å². The zero-order chi connectivity index (χ0) is 14.1. The maximum Gasteiger partial charge on any atom is 0.0991 e. The van der Waals surface area contributed by atoms with Gasteiger partial charge in [-0.15, -0.1) is 22.7 Å². The minimum atomic E-state index is 0.844. The lowest BCUT2D eigenvalue weighted by Gasteiger charge is -2.39. The summed E-state index contributed by atoms with van der Waals surface area (Å²) in [5.41, 5.74) is 1.23. The Labute approximate surface area is 132 Å². The van der Waals surface area contributed by atoms with Crippen LogP contribution in [0.25, 0.3) is 5.69 Å². The molecular formula is C16H17N3S2. The summed E-state index contributed by atoms with van der Waals surface area (Å²) in [5, 5.41) is 4.38. The molecule has 0 aromatic carbocycles. The lowest BCUT2D eigenvalue weighted by atomic mass is 9.95. The van der Waals surface area contributed by atoms with Gasteiger partial charge in [0.2, 0.25) is 0 Å². The van der Waals surface area contributed by atoms with Crippen LogP contribution in [-0.4, -0.2) is 27.5 Å². The van der Waals surface area contributed by atoms with Crippen LogP contribution in [0.15, 0.2) is 47.7 Å². The monoisotopic (exact) mass is 315 g/mol. The molecule has 0 radical (unpaired) electrons. The van der Waals surface area contributed by atoms with E-state index >= 15 is 0 Å². The van der Waals surface area contributed by atoms with Gasteiger partial charge in [-0.2, -0.15) is 0 Å². The lowest BCUT2D eigenvalue weighted by molar-refractivity contribution is 0.0943. The smallest absolute Gasteiger partial charge is 0.0991 e. The second kappa shape index (κ2) is 5.75. The van der Waals surface area contributed by atoms with E-state index in [9.17, 15) is 0 Å². The fraction of sp³-hybridized carbons (Fsp3) is 0.312. The molecule has 3 aromatic rings. The molecule has 0 spiro atoms. The van der Waals surface area contributed by atoms with Gasteiger partial charge in [-0.05, 0) is 29.9 Å². The van der Waals surface area contributed by atoms with Crippen molar-refractivity contribution in [2.45, 2.75) is 13.0 Å². The molecule has 3 nitrogen and oxygen atoms in total. The standard InChI is InChI=1S/C16H17N3S2/c1-2-15(20-5-1)6-13-8-18(9-13)10-16-7-14(11-21-16)19-4-3-17-12-19/h1-5,7,11-13H,6,8-10H2. The second-order valence-corrected chi connectivity index (χ2v) is 7.61. The van der Waals surface area contributed by atoms with E-state index in [0.717, 1.165) is 12.5 Å². The van der Waals surface area contributed by atoms with Crippen LogP contribution < -0.4 is 0 Å². The summed E-state index contributed by atoms with van der Waals surface area (Å²) in [5.74, 6) is 0.844. The van der Waals surface area contributed by atoms with Gasteiger partial charge in [0.05, 0.1) is 12.0 Å². The highest BCUT2D eigenvalue weighted by atomic mass is 32.1.